The number of carbonyl (C=O) groups excluding carboxylic acids is 2. The third kappa shape index (κ3) is 3.31. The van der Waals surface area contributed by atoms with Gasteiger partial charge in [-0.2, -0.15) is 5.26 Å². The van der Waals surface area contributed by atoms with Crippen LogP contribution < -0.4 is 5.32 Å². The van der Waals surface area contributed by atoms with Crippen molar-refractivity contribution in [3.63, 3.8) is 0 Å². The van der Waals surface area contributed by atoms with Gasteiger partial charge in [-0.15, -0.1) is 0 Å². The van der Waals surface area contributed by atoms with Crippen LogP contribution in [0.3, 0.4) is 0 Å². The molecule has 0 bridgehead atoms. The van der Waals surface area contributed by atoms with Crippen LogP contribution in [0.1, 0.15) is 16.8 Å². The minimum atomic E-state index is -0.425. The summed E-state index contributed by atoms with van der Waals surface area (Å²) in [6, 6.07) is 8.45. The number of amides is 2. The Hall–Kier alpha value is -2.35. The van der Waals surface area contributed by atoms with Crippen LogP contribution in [0.25, 0.3) is 0 Å². The molecule has 0 unspecified atom stereocenters. The van der Waals surface area contributed by atoms with Crippen LogP contribution in [0.5, 0.6) is 0 Å². The molecule has 2 amide bonds. The monoisotopic (exact) mass is 231 g/mol. The molecule has 88 valence electrons. The molecule has 0 saturated carbocycles. The smallest absolute Gasteiger partial charge is 0.255 e. The van der Waals surface area contributed by atoms with Crippen LogP contribution in [-0.4, -0.2) is 30.8 Å². The molecule has 0 spiro atoms. The van der Waals surface area contributed by atoms with Crippen LogP contribution in [0, 0.1) is 11.3 Å². The summed E-state index contributed by atoms with van der Waals surface area (Å²) >= 11 is 0. The maximum Gasteiger partial charge on any atom is 0.255 e. The van der Waals surface area contributed by atoms with Crippen molar-refractivity contribution in [1.82, 2.24) is 4.90 Å². The molecule has 1 aromatic rings. The number of hydrogen-bond acceptors (Lipinski definition) is 3. The Morgan fingerprint density at radius 3 is 2.59 bits per heavy atom. The van der Waals surface area contributed by atoms with Gasteiger partial charge in [0.1, 0.15) is 6.42 Å². The van der Waals surface area contributed by atoms with E-state index in [0.717, 1.165) is 0 Å². The number of rotatable bonds is 3. The van der Waals surface area contributed by atoms with Crippen molar-refractivity contribution in [2.45, 2.75) is 6.42 Å². The summed E-state index contributed by atoms with van der Waals surface area (Å²) in [6.07, 6.45) is -0.232. The predicted octanol–water partition coefficient (Wildman–Crippen LogP) is 1.24. The SMILES string of the molecule is CN(C)C(=O)c1ccccc1NC(=O)CC#N. The number of para-hydroxylation sites is 1. The van der Waals surface area contributed by atoms with E-state index in [1.807, 2.05) is 0 Å². The molecule has 0 saturated heterocycles. The predicted molar refractivity (Wildman–Crippen MR) is 63.3 cm³/mol. The Kier molecular flexibility index (Phi) is 4.23. The molecule has 17 heavy (non-hydrogen) atoms. The van der Waals surface area contributed by atoms with E-state index >= 15 is 0 Å². The highest BCUT2D eigenvalue weighted by atomic mass is 16.2. The molecule has 0 aliphatic rings. The Balaban J connectivity index is 2.97. The zero-order chi connectivity index (χ0) is 12.8. The van der Waals surface area contributed by atoms with E-state index in [2.05, 4.69) is 5.32 Å². The Bertz CT molecular complexity index is 475. The first-order valence-corrected chi connectivity index (χ1v) is 5.03. The normalized spacial score (nSPS) is 9.24. The van der Waals surface area contributed by atoms with E-state index in [1.165, 1.54) is 4.90 Å². The highest BCUT2D eigenvalue weighted by Gasteiger charge is 2.14. The number of nitriles is 1. The van der Waals surface area contributed by atoms with Crippen molar-refractivity contribution in [3.05, 3.63) is 29.8 Å². The average molecular weight is 231 g/mol. The Morgan fingerprint density at radius 2 is 2.00 bits per heavy atom. The van der Waals surface area contributed by atoms with Crippen LogP contribution in [0.2, 0.25) is 0 Å². The van der Waals surface area contributed by atoms with E-state index in [4.69, 9.17) is 5.26 Å². The van der Waals surface area contributed by atoms with Crippen LogP contribution in [0.4, 0.5) is 5.69 Å². The minimum Gasteiger partial charge on any atom is -0.345 e. The quantitative estimate of drug-likeness (QED) is 0.850. The van der Waals surface area contributed by atoms with E-state index in [1.54, 1.807) is 44.4 Å². The highest BCUT2D eigenvalue weighted by Crippen LogP contribution is 2.16. The zero-order valence-electron chi connectivity index (χ0n) is 9.73. The molecule has 0 radical (unpaired) electrons. The lowest BCUT2D eigenvalue weighted by Crippen LogP contribution is -2.23. The minimum absolute atomic E-state index is 0.196. The number of hydrogen-bond donors (Lipinski definition) is 1. The van der Waals surface area contributed by atoms with Crippen LogP contribution in [0.15, 0.2) is 24.3 Å². The third-order valence-corrected chi connectivity index (χ3v) is 2.08. The summed E-state index contributed by atoms with van der Waals surface area (Å²) in [7, 11) is 3.27. The van der Waals surface area contributed by atoms with Gasteiger partial charge in [0.15, 0.2) is 0 Å². The topological polar surface area (TPSA) is 73.2 Å². The van der Waals surface area contributed by atoms with Crippen LogP contribution in [-0.2, 0) is 4.79 Å². The molecule has 0 aliphatic carbocycles. The summed E-state index contributed by atoms with van der Waals surface area (Å²) in [6.45, 7) is 0. The van der Waals surface area contributed by atoms with Crippen molar-refractivity contribution >= 4 is 17.5 Å². The van der Waals surface area contributed by atoms with E-state index in [9.17, 15) is 9.59 Å². The first-order valence-electron chi connectivity index (χ1n) is 5.03. The summed E-state index contributed by atoms with van der Waals surface area (Å²) in [5.41, 5.74) is 0.829. The average Bonchev–Trinajstić information content (AvgIpc) is 2.29. The molecule has 5 heteroatoms. The van der Waals surface area contributed by atoms with Crippen molar-refractivity contribution in [2.24, 2.45) is 0 Å². The van der Waals surface area contributed by atoms with E-state index in [-0.39, 0.29) is 12.3 Å². The van der Waals surface area contributed by atoms with Gasteiger partial charge in [0.25, 0.3) is 5.91 Å². The lowest BCUT2D eigenvalue weighted by molar-refractivity contribution is -0.115. The first-order chi connectivity index (χ1) is 8.06. The van der Waals surface area contributed by atoms with Crippen molar-refractivity contribution in [1.29, 1.82) is 5.26 Å². The molecule has 1 rings (SSSR count). The standard InChI is InChI=1S/C12H13N3O2/c1-15(2)12(17)9-5-3-4-6-10(9)14-11(16)7-8-13/h3-6H,7H2,1-2H3,(H,14,16). The van der Waals surface area contributed by atoms with Gasteiger partial charge in [-0.3, -0.25) is 9.59 Å². The molecule has 5 nitrogen and oxygen atoms in total. The zero-order valence-corrected chi connectivity index (χ0v) is 9.73. The van der Waals surface area contributed by atoms with Gasteiger partial charge in [0.2, 0.25) is 5.91 Å². The lowest BCUT2D eigenvalue weighted by atomic mass is 10.1. The van der Waals surface area contributed by atoms with Crippen LogP contribution >= 0.6 is 0 Å². The molecule has 0 atom stereocenters. The lowest BCUT2D eigenvalue weighted by Gasteiger charge is -2.14. The van der Waals surface area contributed by atoms with Gasteiger partial charge >= 0.3 is 0 Å². The van der Waals surface area contributed by atoms with E-state index < -0.39 is 5.91 Å². The fourth-order valence-corrected chi connectivity index (χ4v) is 1.29. The van der Waals surface area contributed by atoms with Gasteiger partial charge in [0.05, 0.1) is 17.3 Å². The molecule has 0 heterocycles. The third-order valence-electron chi connectivity index (χ3n) is 2.08. The molecular weight excluding hydrogens is 218 g/mol. The summed E-state index contributed by atoms with van der Waals surface area (Å²) in [4.78, 5) is 24.5. The molecule has 0 aliphatic heterocycles. The summed E-state index contributed by atoms with van der Waals surface area (Å²) in [5.74, 6) is -0.621. The summed E-state index contributed by atoms with van der Waals surface area (Å²) < 4.78 is 0. The van der Waals surface area contributed by atoms with Gasteiger partial charge in [0, 0.05) is 14.1 Å². The fraction of sp³-hybridized carbons (Fsp3) is 0.250. The first kappa shape index (κ1) is 12.7. The fourth-order valence-electron chi connectivity index (χ4n) is 1.29. The van der Waals surface area contributed by atoms with Gasteiger partial charge in [-0.05, 0) is 12.1 Å². The Morgan fingerprint density at radius 1 is 1.35 bits per heavy atom. The summed E-state index contributed by atoms with van der Waals surface area (Å²) in [5, 5.41) is 10.9. The second-order valence-electron chi connectivity index (χ2n) is 3.63. The second kappa shape index (κ2) is 5.66. The van der Waals surface area contributed by atoms with Gasteiger partial charge in [-0.25, -0.2) is 0 Å². The second-order valence-corrected chi connectivity index (χ2v) is 3.63. The largest absolute Gasteiger partial charge is 0.345 e. The van der Waals surface area contributed by atoms with E-state index in [0.29, 0.717) is 11.3 Å². The number of nitrogens with one attached hydrogen (secondary N) is 1. The number of nitrogens with zero attached hydrogens (tertiary/aromatic N) is 2. The van der Waals surface area contributed by atoms with Crippen molar-refractivity contribution in [2.75, 3.05) is 19.4 Å². The van der Waals surface area contributed by atoms with Gasteiger partial charge < -0.3 is 10.2 Å². The molecular formula is C12H13N3O2. The number of carbonyl (C=O) groups is 2. The van der Waals surface area contributed by atoms with Crippen molar-refractivity contribution in [3.8, 4) is 6.07 Å². The maximum absolute atomic E-state index is 11.8. The molecule has 0 aromatic heterocycles. The molecule has 0 fully saturated rings. The molecule has 1 N–H and O–H groups in total. The number of anilines is 1. The maximum atomic E-state index is 11.8. The van der Waals surface area contributed by atoms with Crippen molar-refractivity contribution < 1.29 is 9.59 Å². The Labute approximate surface area is 99.6 Å². The van der Waals surface area contributed by atoms with Gasteiger partial charge in [-0.1, -0.05) is 12.1 Å². The number of benzene rings is 1. The highest BCUT2D eigenvalue weighted by molar-refractivity contribution is 6.03. The molecule has 1 aromatic carbocycles.